The van der Waals surface area contributed by atoms with E-state index in [2.05, 4.69) is 45.2 Å². The van der Waals surface area contributed by atoms with Crippen LogP contribution in [0.1, 0.15) is 30.8 Å². The molecule has 1 saturated heterocycles. The van der Waals surface area contributed by atoms with Crippen molar-refractivity contribution in [3.05, 3.63) is 59.2 Å². The van der Waals surface area contributed by atoms with Crippen LogP contribution in [0.25, 0.3) is 10.8 Å². The largest absolute Gasteiger partial charge is 0.367 e. The second-order valence-electron chi connectivity index (χ2n) is 8.28. The van der Waals surface area contributed by atoms with Crippen molar-refractivity contribution in [2.45, 2.75) is 20.3 Å². The molecule has 1 fully saturated rings. The molecule has 0 radical (unpaired) electrons. The summed E-state index contributed by atoms with van der Waals surface area (Å²) in [6.07, 6.45) is 0.935. The van der Waals surface area contributed by atoms with Crippen molar-refractivity contribution in [2.24, 2.45) is 5.92 Å². The number of aromatic nitrogens is 2. The van der Waals surface area contributed by atoms with E-state index in [1.165, 1.54) is 0 Å². The minimum Gasteiger partial charge on any atom is -0.367 e. The molecule has 0 atom stereocenters. The van der Waals surface area contributed by atoms with Gasteiger partial charge in [0, 0.05) is 43.5 Å². The van der Waals surface area contributed by atoms with Crippen LogP contribution in [0, 0.1) is 5.92 Å². The van der Waals surface area contributed by atoms with Crippen molar-refractivity contribution in [1.82, 2.24) is 15.5 Å². The predicted molar refractivity (Wildman–Crippen MR) is 127 cm³/mol. The molecule has 1 amide bonds. The number of hydrogen-bond acceptors (Lipinski definition) is 5. The molecule has 1 N–H and O–H groups in total. The molecule has 0 aliphatic carbocycles. The molecule has 1 aromatic heterocycles. The molecule has 0 spiro atoms. The Bertz CT molecular complexity index is 1060. The highest BCUT2D eigenvalue weighted by Gasteiger charge is 2.23. The SMILES string of the molecule is CC(C)CCNC(=O)c1nnc(N2CCN(c3ccccc3Cl)CC2)c2ccccc12. The molecule has 31 heavy (non-hydrogen) atoms. The molecular formula is C24H28ClN5O. The summed E-state index contributed by atoms with van der Waals surface area (Å²) in [5.74, 6) is 1.20. The zero-order valence-corrected chi connectivity index (χ0v) is 18.8. The van der Waals surface area contributed by atoms with Gasteiger partial charge in [0.15, 0.2) is 11.5 Å². The van der Waals surface area contributed by atoms with E-state index < -0.39 is 0 Å². The van der Waals surface area contributed by atoms with E-state index in [4.69, 9.17) is 11.6 Å². The summed E-state index contributed by atoms with van der Waals surface area (Å²) < 4.78 is 0. The summed E-state index contributed by atoms with van der Waals surface area (Å²) in [7, 11) is 0. The molecule has 6 nitrogen and oxygen atoms in total. The minimum absolute atomic E-state index is 0.167. The van der Waals surface area contributed by atoms with Crippen molar-refractivity contribution < 1.29 is 4.79 Å². The van der Waals surface area contributed by atoms with E-state index in [0.29, 0.717) is 18.2 Å². The van der Waals surface area contributed by atoms with Gasteiger partial charge in [-0.05, 0) is 24.5 Å². The highest BCUT2D eigenvalue weighted by atomic mass is 35.5. The Morgan fingerprint density at radius 2 is 1.61 bits per heavy atom. The van der Waals surface area contributed by atoms with Crippen molar-refractivity contribution >= 4 is 39.8 Å². The Hall–Kier alpha value is -2.86. The second kappa shape index (κ2) is 9.52. The lowest BCUT2D eigenvalue weighted by Crippen LogP contribution is -2.47. The smallest absolute Gasteiger partial charge is 0.272 e. The molecule has 1 aliphatic heterocycles. The summed E-state index contributed by atoms with van der Waals surface area (Å²) in [6.45, 7) is 8.23. The van der Waals surface area contributed by atoms with E-state index in [9.17, 15) is 4.79 Å². The summed E-state index contributed by atoms with van der Waals surface area (Å²) >= 11 is 6.37. The van der Waals surface area contributed by atoms with Gasteiger partial charge in [0.1, 0.15) is 0 Å². The molecule has 3 aromatic rings. The normalized spacial score (nSPS) is 14.3. The van der Waals surface area contributed by atoms with Gasteiger partial charge in [0.2, 0.25) is 0 Å². The molecule has 1 aliphatic rings. The maximum Gasteiger partial charge on any atom is 0.272 e. The van der Waals surface area contributed by atoms with Crippen molar-refractivity contribution in [3.63, 3.8) is 0 Å². The fourth-order valence-corrected chi connectivity index (χ4v) is 4.17. The van der Waals surface area contributed by atoms with Crippen LogP contribution >= 0.6 is 11.6 Å². The molecule has 162 valence electrons. The number of carbonyl (C=O) groups excluding carboxylic acids is 1. The van der Waals surface area contributed by atoms with E-state index in [1.54, 1.807) is 0 Å². The van der Waals surface area contributed by atoms with E-state index in [-0.39, 0.29) is 5.91 Å². The van der Waals surface area contributed by atoms with Gasteiger partial charge in [0.25, 0.3) is 5.91 Å². The fourth-order valence-electron chi connectivity index (χ4n) is 3.92. The molecular weight excluding hydrogens is 410 g/mol. The Kier molecular flexibility index (Phi) is 6.56. The van der Waals surface area contributed by atoms with Crippen LogP contribution in [0.5, 0.6) is 0 Å². The van der Waals surface area contributed by atoms with Crippen LogP contribution in [-0.4, -0.2) is 48.8 Å². The standard InChI is InChI=1S/C24H28ClN5O/c1-17(2)11-12-26-24(31)22-18-7-3-4-8-19(18)23(28-27-22)30-15-13-29(14-16-30)21-10-6-5-9-20(21)25/h3-10,17H,11-16H2,1-2H3,(H,26,31). The van der Waals surface area contributed by atoms with Crippen molar-refractivity contribution in [3.8, 4) is 0 Å². The summed E-state index contributed by atoms with van der Waals surface area (Å²) in [4.78, 5) is 17.2. The Balaban J connectivity index is 1.53. The number of nitrogens with zero attached hydrogens (tertiary/aromatic N) is 4. The summed E-state index contributed by atoms with van der Waals surface area (Å²) in [5.41, 5.74) is 1.45. The van der Waals surface area contributed by atoms with Crippen molar-refractivity contribution in [2.75, 3.05) is 42.5 Å². The van der Waals surface area contributed by atoms with Gasteiger partial charge in [-0.2, -0.15) is 0 Å². The highest BCUT2D eigenvalue weighted by molar-refractivity contribution is 6.33. The quantitative estimate of drug-likeness (QED) is 0.619. The van der Waals surface area contributed by atoms with Crippen LogP contribution < -0.4 is 15.1 Å². The van der Waals surface area contributed by atoms with Crippen LogP contribution in [0.3, 0.4) is 0 Å². The average molecular weight is 438 g/mol. The number of para-hydroxylation sites is 1. The number of amides is 1. The van der Waals surface area contributed by atoms with Crippen LogP contribution in [0.4, 0.5) is 11.5 Å². The average Bonchev–Trinajstić information content (AvgIpc) is 2.78. The monoisotopic (exact) mass is 437 g/mol. The molecule has 0 saturated carbocycles. The van der Waals surface area contributed by atoms with Gasteiger partial charge >= 0.3 is 0 Å². The lowest BCUT2D eigenvalue weighted by Gasteiger charge is -2.37. The Morgan fingerprint density at radius 1 is 0.968 bits per heavy atom. The fraction of sp³-hybridized carbons (Fsp3) is 0.375. The maximum atomic E-state index is 12.7. The van der Waals surface area contributed by atoms with Crippen molar-refractivity contribution in [1.29, 1.82) is 0 Å². The molecule has 2 heterocycles. The van der Waals surface area contributed by atoms with Gasteiger partial charge in [-0.15, -0.1) is 10.2 Å². The number of nitrogens with one attached hydrogen (secondary N) is 1. The van der Waals surface area contributed by atoms with E-state index in [0.717, 1.165) is 59.9 Å². The zero-order chi connectivity index (χ0) is 21.8. The lowest BCUT2D eigenvalue weighted by molar-refractivity contribution is 0.0948. The van der Waals surface area contributed by atoms with Crippen LogP contribution in [-0.2, 0) is 0 Å². The van der Waals surface area contributed by atoms with Gasteiger partial charge < -0.3 is 15.1 Å². The van der Waals surface area contributed by atoms with Crippen LogP contribution in [0.15, 0.2) is 48.5 Å². The molecule has 0 bridgehead atoms. The van der Waals surface area contributed by atoms with E-state index in [1.807, 2.05) is 42.5 Å². The zero-order valence-electron chi connectivity index (χ0n) is 18.0. The molecule has 4 rings (SSSR count). The van der Waals surface area contributed by atoms with Gasteiger partial charge in [-0.3, -0.25) is 4.79 Å². The topological polar surface area (TPSA) is 61.4 Å². The lowest BCUT2D eigenvalue weighted by atomic mass is 10.1. The first-order chi connectivity index (χ1) is 15.0. The number of piperazine rings is 1. The number of benzene rings is 2. The van der Waals surface area contributed by atoms with Gasteiger partial charge in [0.05, 0.1) is 10.7 Å². The molecule has 7 heteroatoms. The molecule has 2 aromatic carbocycles. The number of hydrogen-bond donors (Lipinski definition) is 1. The molecule has 0 unspecified atom stereocenters. The first kappa shape index (κ1) is 21.4. The third-order valence-corrected chi connectivity index (χ3v) is 5.98. The minimum atomic E-state index is -0.167. The Morgan fingerprint density at radius 3 is 2.32 bits per heavy atom. The first-order valence-corrected chi connectivity index (χ1v) is 11.2. The van der Waals surface area contributed by atoms with Crippen LogP contribution in [0.2, 0.25) is 5.02 Å². The number of fused-ring (bicyclic) bond motifs is 1. The third kappa shape index (κ3) is 4.74. The van der Waals surface area contributed by atoms with Gasteiger partial charge in [-0.1, -0.05) is 61.8 Å². The predicted octanol–water partition coefficient (Wildman–Crippen LogP) is 4.39. The van der Waals surface area contributed by atoms with E-state index >= 15 is 0 Å². The Labute approximate surface area is 188 Å². The number of carbonyl (C=O) groups is 1. The first-order valence-electron chi connectivity index (χ1n) is 10.8. The number of rotatable bonds is 6. The number of halogens is 1. The maximum absolute atomic E-state index is 12.7. The second-order valence-corrected chi connectivity index (χ2v) is 8.69. The van der Waals surface area contributed by atoms with Gasteiger partial charge in [-0.25, -0.2) is 0 Å². The highest BCUT2D eigenvalue weighted by Crippen LogP contribution is 2.29. The summed E-state index contributed by atoms with van der Waals surface area (Å²) in [5, 5.41) is 14.4. The third-order valence-electron chi connectivity index (χ3n) is 5.66. The number of anilines is 2. The summed E-state index contributed by atoms with van der Waals surface area (Å²) in [6, 6.07) is 15.8.